The maximum absolute atomic E-state index is 11.8. The molecule has 0 aromatic heterocycles. The molecule has 9 heteroatoms. The van der Waals surface area contributed by atoms with Crippen LogP contribution in [0.2, 0.25) is 0 Å². The SMILES string of the molecule is CN(CCC(=O)O)S(=O)(=O)NCC1COC(C)(C)O1. The van der Waals surface area contributed by atoms with Gasteiger partial charge in [0, 0.05) is 20.1 Å². The summed E-state index contributed by atoms with van der Waals surface area (Å²) in [6, 6.07) is 0. The molecule has 0 saturated carbocycles. The van der Waals surface area contributed by atoms with Crippen LogP contribution < -0.4 is 4.72 Å². The Labute approximate surface area is 112 Å². The molecule has 1 aliphatic rings. The molecule has 1 heterocycles. The van der Waals surface area contributed by atoms with Crippen molar-refractivity contribution in [1.29, 1.82) is 0 Å². The topological polar surface area (TPSA) is 105 Å². The van der Waals surface area contributed by atoms with Crippen molar-refractivity contribution in [3.63, 3.8) is 0 Å². The van der Waals surface area contributed by atoms with E-state index in [9.17, 15) is 13.2 Å². The average Bonchev–Trinajstić information content (AvgIpc) is 2.63. The third-order valence-electron chi connectivity index (χ3n) is 2.61. The number of hydrogen-bond donors (Lipinski definition) is 2. The predicted octanol–water partition coefficient (Wildman–Crippen LogP) is -0.621. The smallest absolute Gasteiger partial charge is 0.304 e. The van der Waals surface area contributed by atoms with E-state index in [1.807, 2.05) is 0 Å². The first-order chi connectivity index (χ1) is 8.62. The van der Waals surface area contributed by atoms with Crippen molar-refractivity contribution in [1.82, 2.24) is 9.03 Å². The molecule has 0 aliphatic carbocycles. The van der Waals surface area contributed by atoms with Gasteiger partial charge in [-0.3, -0.25) is 4.79 Å². The molecule has 0 amide bonds. The second kappa shape index (κ2) is 6.14. The van der Waals surface area contributed by atoms with Gasteiger partial charge in [-0.05, 0) is 13.8 Å². The van der Waals surface area contributed by atoms with Gasteiger partial charge in [0.2, 0.25) is 0 Å². The normalized spacial score (nSPS) is 22.8. The summed E-state index contributed by atoms with van der Waals surface area (Å²) in [6.45, 7) is 3.82. The quantitative estimate of drug-likeness (QED) is 0.648. The lowest BCUT2D eigenvalue weighted by atomic mass is 10.4. The Kier molecular flexibility index (Phi) is 5.27. The van der Waals surface area contributed by atoms with Crippen LogP contribution in [0.5, 0.6) is 0 Å². The first kappa shape index (κ1) is 16.3. The van der Waals surface area contributed by atoms with Crippen molar-refractivity contribution in [2.24, 2.45) is 0 Å². The van der Waals surface area contributed by atoms with E-state index in [0.717, 1.165) is 4.31 Å². The molecule has 2 N–H and O–H groups in total. The van der Waals surface area contributed by atoms with E-state index >= 15 is 0 Å². The molecule has 1 aliphatic heterocycles. The van der Waals surface area contributed by atoms with Crippen LogP contribution in [0.4, 0.5) is 0 Å². The summed E-state index contributed by atoms with van der Waals surface area (Å²) in [5.41, 5.74) is 0. The van der Waals surface area contributed by atoms with Crippen LogP contribution in [0.3, 0.4) is 0 Å². The van der Waals surface area contributed by atoms with E-state index in [4.69, 9.17) is 14.6 Å². The van der Waals surface area contributed by atoms with Gasteiger partial charge in [0.15, 0.2) is 5.79 Å². The Bertz CT molecular complexity index is 422. The molecular weight excluding hydrogens is 276 g/mol. The number of rotatable bonds is 7. The zero-order valence-corrected chi connectivity index (χ0v) is 12.1. The summed E-state index contributed by atoms with van der Waals surface area (Å²) in [6.07, 6.45) is -0.592. The first-order valence-corrected chi connectivity index (χ1v) is 7.31. The van der Waals surface area contributed by atoms with Gasteiger partial charge < -0.3 is 14.6 Å². The predicted molar refractivity (Wildman–Crippen MR) is 66.7 cm³/mol. The zero-order valence-electron chi connectivity index (χ0n) is 11.2. The number of carboxylic acids is 1. The number of hydrogen-bond acceptors (Lipinski definition) is 5. The summed E-state index contributed by atoms with van der Waals surface area (Å²) in [7, 11) is -2.38. The number of ether oxygens (including phenoxy) is 2. The monoisotopic (exact) mass is 296 g/mol. The Balaban J connectivity index is 2.40. The van der Waals surface area contributed by atoms with E-state index in [1.54, 1.807) is 13.8 Å². The molecule has 19 heavy (non-hydrogen) atoms. The van der Waals surface area contributed by atoms with Gasteiger partial charge in [-0.15, -0.1) is 0 Å². The van der Waals surface area contributed by atoms with Gasteiger partial charge in [-0.2, -0.15) is 17.4 Å². The molecular formula is C10H20N2O6S. The maximum atomic E-state index is 11.8. The van der Waals surface area contributed by atoms with Crippen molar-refractivity contribution in [3.8, 4) is 0 Å². The van der Waals surface area contributed by atoms with Crippen LogP contribution in [0, 0.1) is 0 Å². The lowest BCUT2D eigenvalue weighted by molar-refractivity contribution is -0.138. The van der Waals surface area contributed by atoms with Crippen LogP contribution >= 0.6 is 0 Å². The van der Waals surface area contributed by atoms with Crippen molar-refractivity contribution in [3.05, 3.63) is 0 Å². The fraction of sp³-hybridized carbons (Fsp3) is 0.900. The van der Waals surface area contributed by atoms with E-state index in [1.165, 1.54) is 7.05 Å². The minimum Gasteiger partial charge on any atom is -0.481 e. The number of nitrogens with one attached hydrogen (secondary N) is 1. The van der Waals surface area contributed by atoms with Crippen LogP contribution in [-0.4, -0.2) is 62.4 Å². The van der Waals surface area contributed by atoms with Gasteiger partial charge in [0.1, 0.15) is 0 Å². The van der Waals surface area contributed by atoms with E-state index in [-0.39, 0.29) is 25.6 Å². The molecule has 112 valence electrons. The van der Waals surface area contributed by atoms with Gasteiger partial charge in [-0.25, -0.2) is 0 Å². The van der Waals surface area contributed by atoms with Gasteiger partial charge >= 0.3 is 5.97 Å². The van der Waals surface area contributed by atoms with Gasteiger partial charge in [-0.1, -0.05) is 0 Å². The number of carboxylic acid groups (broad SMARTS) is 1. The lowest BCUT2D eigenvalue weighted by Crippen LogP contribution is -2.43. The third-order valence-corrected chi connectivity index (χ3v) is 4.15. The molecule has 1 rings (SSSR count). The summed E-state index contributed by atoms with van der Waals surface area (Å²) in [5.74, 6) is -1.75. The number of carbonyl (C=O) groups is 1. The lowest BCUT2D eigenvalue weighted by Gasteiger charge is -2.19. The fourth-order valence-corrected chi connectivity index (χ4v) is 2.49. The van der Waals surface area contributed by atoms with Gasteiger partial charge in [0.05, 0.1) is 19.1 Å². The van der Waals surface area contributed by atoms with Gasteiger partial charge in [0.25, 0.3) is 10.2 Å². The molecule has 1 fully saturated rings. The molecule has 0 aromatic carbocycles. The zero-order chi connectivity index (χ0) is 14.7. The summed E-state index contributed by atoms with van der Waals surface area (Å²) >= 11 is 0. The van der Waals surface area contributed by atoms with Crippen molar-refractivity contribution in [2.75, 3.05) is 26.7 Å². The minimum absolute atomic E-state index is 0.0851. The Hall–Kier alpha value is -0.740. The van der Waals surface area contributed by atoms with E-state index < -0.39 is 22.0 Å². The maximum Gasteiger partial charge on any atom is 0.304 e. The molecule has 1 atom stereocenters. The van der Waals surface area contributed by atoms with Crippen molar-refractivity contribution in [2.45, 2.75) is 32.2 Å². The molecule has 1 saturated heterocycles. The highest BCUT2D eigenvalue weighted by Gasteiger charge is 2.33. The molecule has 8 nitrogen and oxygen atoms in total. The number of aliphatic carboxylic acids is 1. The summed E-state index contributed by atoms with van der Waals surface area (Å²) < 4.78 is 37.7. The second-order valence-electron chi connectivity index (χ2n) is 4.77. The van der Waals surface area contributed by atoms with Crippen molar-refractivity contribution < 1.29 is 27.8 Å². The Morgan fingerprint density at radius 2 is 2.16 bits per heavy atom. The standard InChI is InChI=1S/C10H20N2O6S/c1-10(2)17-7-8(18-10)6-11-19(15,16)12(3)5-4-9(13)14/h8,11H,4-7H2,1-3H3,(H,13,14). The Morgan fingerprint density at radius 1 is 1.53 bits per heavy atom. The third kappa shape index (κ3) is 5.41. The fourth-order valence-electron chi connectivity index (χ4n) is 1.55. The highest BCUT2D eigenvalue weighted by atomic mass is 32.2. The van der Waals surface area contributed by atoms with Crippen LogP contribution in [0.1, 0.15) is 20.3 Å². The van der Waals surface area contributed by atoms with Crippen LogP contribution in [0.15, 0.2) is 0 Å². The first-order valence-electron chi connectivity index (χ1n) is 5.87. The summed E-state index contributed by atoms with van der Waals surface area (Å²) in [5, 5.41) is 8.51. The molecule has 0 aromatic rings. The molecule has 0 radical (unpaired) electrons. The highest BCUT2D eigenvalue weighted by Crippen LogP contribution is 2.21. The van der Waals surface area contributed by atoms with Crippen LogP contribution in [0.25, 0.3) is 0 Å². The molecule has 0 spiro atoms. The van der Waals surface area contributed by atoms with E-state index in [2.05, 4.69) is 4.72 Å². The molecule has 0 bridgehead atoms. The number of nitrogens with zero attached hydrogens (tertiary/aromatic N) is 1. The van der Waals surface area contributed by atoms with Crippen molar-refractivity contribution >= 4 is 16.2 Å². The summed E-state index contributed by atoms with van der Waals surface area (Å²) in [4.78, 5) is 10.4. The molecule has 1 unspecified atom stereocenters. The average molecular weight is 296 g/mol. The minimum atomic E-state index is -3.70. The van der Waals surface area contributed by atoms with E-state index in [0.29, 0.717) is 6.61 Å². The van der Waals surface area contributed by atoms with Crippen LogP contribution in [-0.2, 0) is 24.5 Å². The highest BCUT2D eigenvalue weighted by molar-refractivity contribution is 7.87. The Morgan fingerprint density at radius 3 is 2.63 bits per heavy atom. The second-order valence-corrected chi connectivity index (χ2v) is 6.63. The largest absolute Gasteiger partial charge is 0.481 e.